The molecule has 0 radical (unpaired) electrons. The number of benzene rings is 1. The van der Waals surface area contributed by atoms with E-state index in [0.29, 0.717) is 0 Å². The molecule has 1 heterocycles. The van der Waals surface area contributed by atoms with Crippen LogP contribution < -0.4 is 15.4 Å². The predicted molar refractivity (Wildman–Crippen MR) is 70.5 cm³/mol. The minimum Gasteiger partial charge on any atom is -0.497 e. The minimum absolute atomic E-state index is 0.162. The Morgan fingerprint density at radius 3 is 2.48 bits per heavy atom. The zero-order chi connectivity index (χ0) is 17.4. The largest absolute Gasteiger partial charge is 0.497 e. The predicted octanol–water partition coefficient (Wildman–Crippen LogP) is 0.865. The maximum Gasteiger partial charge on any atom is 0.440 e. The summed E-state index contributed by atoms with van der Waals surface area (Å²) in [6, 6.07) is 4.07. The van der Waals surface area contributed by atoms with Gasteiger partial charge in [0.15, 0.2) is 0 Å². The Hall–Kier alpha value is -2.78. The van der Waals surface area contributed by atoms with Crippen molar-refractivity contribution in [3.63, 3.8) is 0 Å². The average Bonchev–Trinajstić information content (AvgIpc) is 2.72. The molecule has 124 valence electrons. The zero-order valence-corrected chi connectivity index (χ0v) is 12.0. The van der Waals surface area contributed by atoms with Crippen molar-refractivity contribution in [2.45, 2.75) is 11.8 Å². The summed E-state index contributed by atoms with van der Waals surface area (Å²) in [6.07, 6.45) is -5.22. The first-order valence-corrected chi connectivity index (χ1v) is 6.26. The zero-order valence-electron chi connectivity index (χ0n) is 12.0. The molecule has 0 bridgehead atoms. The third-order valence-electron chi connectivity index (χ3n) is 3.28. The molecule has 0 aliphatic carbocycles. The van der Waals surface area contributed by atoms with Crippen molar-refractivity contribution in [1.29, 1.82) is 0 Å². The number of imide groups is 1. The number of urea groups is 1. The average molecular weight is 331 g/mol. The Morgan fingerprint density at radius 1 is 1.35 bits per heavy atom. The van der Waals surface area contributed by atoms with Crippen molar-refractivity contribution >= 4 is 17.8 Å². The Labute approximate surface area is 128 Å². The summed E-state index contributed by atoms with van der Waals surface area (Å²) >= 11 is 0. The number of amides is 4. The Kier molecular flexibility index (Phi) is 3.93. The van der Waals surface area contributed by atoms with Gasteiger partial charge in [-0.3, -0.25) is 19.8 Å². The number of nitrogens with one attached hydrogen (secondary N) is 2. The van der Waals surface area contributed by atoms with Crippen LogP contribution in [0.5, 0.6) is 5.75 Å². The van der Waals surface area contributed by atoms with E-state index >= 15 is 0 Å². The Morgan fingerprint density at radius 2 is 2.00 bits per heavy atom. The molecule has 2 N–H and O–H groups in total. The van der Waals surface area contributed by atoms with E-state index in [4.69, 9.17) is 4.74 Å². The van der Waals surface area contributed by atoms with Crippen LogP contribution in [0.1, 0.15) is 10.4 Å². The summed E-state index contributed by atoms with van der Waals surface area (Å²) in [4.78, 5) is 35.6. The van der Waals surface area contributed by atoms with Gasteiger partial charge in [-0.25, -0.2) is 4.79 Å². The van der Waals surface area contributed by atoms with E-state index in [9.17, 15) is 27.6 Å². The lowest BCUT2D eigenvalue weighted by Gasteiger charge is -2.29. The summed E-state index contributed by atoms with van der Waals surface area (Å²) in [5, 5.41) is 3.05. The van der Waals surface area contributed by atoms with E-state index in [-0.39, 0.29) is 16.2 Å². The summed E-state index contributed by atoms with van der Waals surface area (Å²) in [6.45, 7) is 0. The Bertz CT molecular complexity index is 677. The van der Waals surface area contributed by atoms with E-state index in [1.54, 1.807) is 5.32 Å². The number of hydrogen-bond donors (Lipinski definition) is 2. The normalized spacial score (nSPS) is 21.2. The van der Waals surface area contributed by atoms with Crippen LogP contribution in [0.3, 0.4) is 0 Å². The number of halogens is 3. The highest BCUT2D eigenvalue weighted by Gasteiger charge is 2.68. The monoisotopic (exact) mass is 331 g/mol. The number of carbonyl (C=O) groups is 3. The fourth-order valence-corrected chi connectivity index (χ4v) is 2.00. The third-order valence-corrected chi connectivity index (χ3v) is 3.28. The highest BCUT2D eigenvalue weighted by Crippen LogP contribution is 2.33. The van der Waals surface area contributed by atoms with E-state index < -0.39 is 29.7 Å². The molecule has 1 saturated heterocycles. The molecule has 0 spiro atoms. The summed E-state index contributed by atoms with van der Waals surface area (Å²) in [5.74, 6) is -2.56. The number of likely N-dealkylation sites (N-methyl/N-ethyl adjacent to an activating group) is 1. The van der Waals surface area contributed by atoms with Crippen molar-refractivity contribution < 1.29 is 32.3 Å². The highest BCUT2D eigenvalue weighted by molar-refractivity contribution is 6.10. The minimum atomic E-state index is -5.22. The number of rotatable bonds is 3. The highest BCUT2D eigenvalue weighted by atomic mass is 19.4. The third kappa shape index (κ3) is 2.67. The number of methoxy groups -OCH3 is 1. The first-order chi connectivity index (χ1) is 10.6. The standard InChI is InChI=1S/C13H12F3N3O4/c1-19-10(21)12(13(14,15)16,18-11(19)22)17-9(20)7-4-3-5-8(6-7)23-2/h3-6H,1-2H3,(H,17,20)(H,18,22)/t12-/m0/s1. The van der Waals surface area contributed by atoms with Crippen molar-refractivity contribution in [1.82, 2.24) is 15.5 Å². The smallest absolute Gasteiger partial charge is 0.440 e. The van der Waals surface area contributed by atoms with E-state index in [1.165, 1.54) is 36.7 Å². The second-order valence-electron chi connectivity index (χ2n) is 4.73. The van der Waals surface area contributed by atoms with Gasteiger partial charge in [0, 0.05) is 12.6 Å². The van der Waals surface area contributed by atoms with Crippen LogP contribution in [-0.2, 0) is 4.79 Å². The van der Waals surface area contributed by atoms with Crippen LogP contribution in [0.4, 0.5) is 18.0 Å². The molecule has 1 aromatic carbocycles. The van der Waals surface area contributed by atoms with Gasteiger partial charge < -0.3 is 10.1 Å². The van der Waals surface area contributed by atoms with Gasteiger partial charge in [0.2, 0.25) is 0 Å². The first kappa shape index (κ1) is 16.6. The molecule has 23 heavy (non-hydrogen) atoms. The van der Waals surface area contributed by atoms with Crippen molar-refractivity contribution in [3.8, 4) is 5.75 Å². The summed E-state index contributed by atoms with van der Waals surface area (Å²) in [7, 11) is 2.20. The van der Waals surface area contributed by atoms with Crippen molar-refractivity contribution in [3.05, 3.63) is 29.8 Å². The molecule has 0 saturated carbocycles. The molecule has 1 atom stereocenters. The molecule has 2 rings (SSSR count). The molecule has 0 aromatic heterocycles. The second kappa shape index (κ2) is 5.45. The number of nitrogens with zero attached hydrogens (tertiary/aromatic N) is 1. The van der Waals surface area contributed by atoms with Crippen LogP contribution >= 0.6 is 0 Å². The topological polar surface area (TPSA) is 87.7 Å². The van der Waals surface area contributed by atoms with Gasteiger partial charge in [-0.15, -0.1) is 0 Å². The SMILES string of the molecule is COc1cccc(C(=O)N[C@]2(C(F)(F)F)NC(=O)N(C)C2=O)c1. The van der Waals surface area contributed by atoms with E-state index in [2.05, 4.69) is 0 Å². The van der Waals surface area contributed by atoms with Crippen LogP contribution in [0.25, 0.3) is 0 Å². The molecular formula is C13H12F3N3O4. The second-order valence-corrected chi connectivity index (χ2v) is 4.73. The lowest BCUT2D eigenvalue weighted by atomic mass is 10.1. The van der Waals surface area contributed by atoms with Crippen LogP contribution in [0, 0.1) is 0 Å². The van der Waals surface area contributed by atoms with Crippen molar-refractivity contribution in [2.24, 2.45) is 0 Å². The van der Waals surface area contributed by atoms with E-state index in [0.717, 1.165) is 7.05 Å². The van der Waals surface area contributed by atoms with Gasteiger partial charge in [0.1, 0.15) is 5.75 Å². The van der Waals surface area contributed by atoms with Crippen LogP contribution in [-0.4, -0.2) is 48.7 Å². The summed E-state index contributed by atoms with van der Waals surface area (Å²) < 4.78 is 44.9. The number of carbonyl (C=O) groups excluding carboxylic acids is 3. The lowest BCUT2D eigenvalue weighted by molar-refractivity contribution is -0.199. The maximum absolute atomic E-state index is 13.3. The molecule has 0 unspecified atom stereocenters. The van der Waals surface area contributed by atoms with Gasteiger partial charge in [-0.2, -0.15) is 13.2 Å². The van der Waals surface area contributed by atoms with Gasteiger partial charge in [-0.1, -0.05) is 6.07 Å². The molecule has 7 nitrogen and oxygen atoms in total. The fraction of sp³-hybridized carbons (Fsp3) is 0.308. The van der Waals surface area contributed by atoms with Gasteiger partial charge in [0.25, 0.3) is 17.5 Å². The maximum atomic E-state index is 13.3. The quantitative estimate of drug-likeness (QED) is 0.805. The summed E-state index contributed by atoms with van der Waals surface area (Å²) in [5.41, 5.74) is -3.66. The Balaban J connectivity index is 2.38. The first-order valence-electron chi connectivity index (χ1n) is 6.26. The molecular weight excluding hydrogens is 319 g/mol. The number of hydrogen-bond acceptors (Lipinski definition) is 4. The molecule has 1 aromatic rings. The van der Waals surface area contributed by atoms with Crippen LogP contribution in [0.2, 0.25) is 0 Å². The molecule has 1 aliphatic rings. The van der Waals surface area contributed by atoms with Gasteiger partial charge in [-0.05, 0) is 18.2 Å². The van der Waals surface area contributed by atoms with Gasteiger partial charge >= 0.3 is 12.2 Å². The lowest BCUT2D eigenvalue weighted by Crippen LogP contribution is -2.69. The number of alkyl halides is 3. The van der Waals surface area contributed by atoms with Crippen molar-refractivity contribution in [2.75, 3.05) is 14.2 Å². The number of ether oxygens (including phenoxy) is 1. The van der Waals surface area contributed by atoms with E-state index in [1.807, 2.05) is 0 Å². The van der Waals surface area contributed by atoms with Gasteiger partial charge in [0.05, 0.1) is 7.11 Å². The van der Waals surface area contributed by atoms with Crippen LogP contribution in [0.15, 0.2) is 24.3 Å². The molecule has 4 amide bonds. The molecule has 1 aliphatic heterocycles. The fourth-order valence-electron chi connectivity index (χ4n) is 2.00. The molecule has 10 heteroatoms. The molecule has 1 fully saturated rings.